The number of halogens is 4. The van der Waals surface area contributed by atoms with Gasteiger partial charge in [0.1, 0.15) is 6.54 Å². The maximum absolute atomic E-state index is 12.5. The van der Waals surface area contributed by atoms with Crippen LogP contribution in [-0.4, -0.2) is 38.0 Å². The van der Waals surface area contributed by atoms with Gasteiger partial charge in [-0.25, -0.2) is 9.48 Å². The van der Waals surface area contributed by atoms with E-state index in [9.17, 15) is 22.8 Å². The van der Waals surface area contributed by atoms with Crippen molar-refractivity contribution < 1.29 is 23.1 Å². The molecule has 0 fully saturated rings. The lowest BCUT2D eigenvalue weighted by atomic mass is 9.94. The third-order valence-corrected chi connectivity index (χ3v) is 5.72. The lowest BCUT2D eigenvalue weighted by molar-refractivity contribution is -0.136. The van der Waals surface area contributed by atoms with Gasteiger partial charge in [-0.05, 0) is 61.7 Å². The normalized spacial score (nSPS) is 12.1. The van der Waals surface area contributed by atoms with Crippen LogP contribution < -0.4 is 5.69 Å². The highest BCUT2D eigenvalue weighted by atomic mass is 35.5. The van der Waals surface area contributed by atoms with Gasteiger partial charge in [-0.2, -0.15) is 13.2 Å². The minimum absolute atomic E-state index is 0.0668. The number of Topliss-reactive ketones (excluding diaryl/α,β-unsaturated/α-hetero) is 1. The van der Waals surface area contributed by atoms with Gasteiger partial charge in [0.2, 0.25) is 0 Å². The number of alkyl halides is 3. The zero-order valence-corrected chi connectivity index (χ0v) is 20.8. The van der Waals surface area contributed by atoms with Crippen molar-refractivity contribution in [1.82, 2.24) is 14.3 Å². The van der Waals surface area contributed by atoms with Crippen molar-refractivity contribution in [3.05, 3.63) is 74.7 Å². The summed E-state index contributed by atoms with van der Waals surface area (Å²) < 4.78 is 39.2. The van der Waals surface area contributed by atoms with Crippen LogP contribution >= 0.6 is 11.6 Å². The standard InChI is InChI=1S/C14H13ClF3N3O2.C11H16O/c1-9(22)8-21-13(23)20(7-6-14(16,17)18)12(19-21)10-2-4-11(15)5-3-10;1-8-5-4-6-11(10(8)3)9(2)7-12/h2-5H,6-8H2,1H3;4-6,9,12H,7H2,1-3H3. The Morgan fingerprint density at radius 2 is 1.77 bits per heavy atom. The molecule has 1 atom stereocenters. The number of benzene rings is 2. The summed E-state index contributed by atoms with van der Waals surface area (Å²) in [5.41, 5.74) is 3.55. The highest BCUT2D eigenvalue weighted by molar-refractivity contribution is 6.30. The second-order valence-corrected chi connectivity index (χ2v) is 8.80. The van der Waals surface area contributed by atoms with Crippen molar-refractivity contribution in [2.24, 2.45) is 0 Å². The summed E-state index contributed by atoms with van der Waals surface area (Å²) in [5, 5.41) is 13.4. The number of ketones is 1. The van der Waals surface area contributed by atoms with Crippen LogP contribution in [0, 0.1) is 13.8 Å². The lowest BCUT2D eigenvalue weighted by Gasteiger charge is -2.13. The molecular formula is C25H29ClF3N3O3. The lowest BCUT2D eigenvalue weighted by Crippen LogP contribution is -2.28. The third-order valence-electron chi connectivity index (χ3n) is 5.47. The van der Waals surface area contributed by atoms with Gasteiger partial charge >= 0.3 is 11.9 Å². The van der Waals surface area contributed by atoms with Gasteiger partial charge < -0.3 is 5.11 Å². The maximum Gasteiger partial charge on any atom is 0.390 e. The Morgan fingerprint density at radius 1 is 1.14 bits per heavy atom. The quantitative estimate of drug-likeness (QED) is 0.466. The first-order chi connectivity index (χ1) is 16.3. The molecule has 2 aromatic carbocycles. The van der Waals surface area contributed by atoms with Gasteiger partial charge in [0.25, 0.3) is 0 Å². The molecular weight excluding hydrogens is 483 g/mol. The average Bonchev–Trinajstić information content (AvgIpc) is 3.08. The Hall–Kier alpha value is -2.91. The smallest absolute Gasteiger partial charge is 0.390 e. The fourth-order valence-corrected chi connectivity index (χ4v) is 3.54. The number of hydrogen-bond donors (Lipinski definition) is 1. The number of carbonyl (C=O) groups excluding carboxylic acids is 1. The Balaban J connectivity index is 0.000000303. The van der Waals surface area contributed by atoms with E-state index in [1.807, 2.05) is 13.0 Å². The molecule has 0 bridgehead atoms. The summed E-state index contributed by atoms with van der Waals surface area (Å²) >= 11 is 5.78. The maximum atomic E-state index is 12.5. The van der Waals surface area contributed by atoms with Gasteiger partial charge in [-0.15, -0.1) is 5.10 Å². The third kappa shape index (κ3) is 8.07. The van der Waals surface area contributed by atoms with Crippen LogP contribution in [0.25, 0.3) is 11.4 Å². The Labute approximate surface area is 207 Å². The molecule has 1 heterocycles. The van der Waals surface area contributed by atoms with Crippen molar-refractivity contribution in [1.29, 1.82) is 0 Å². The monoisotopic (exact) mass is 511 g/mol. The molecule has 0 spiro atoms. The van der Waals surface area contributed by atoms with E-state index in [0.717, 1.165) is 9.25 Å². The van der Waals surface area contributed by atoms with E-state index in [2.05, 4.69) is 31.1 Å². The molecule has 0 saturated heterocycles. The highest BCUT2D eigenvalue weighted by Crippen LogP contribution is 2.23. The molecule has 1 N–H and O–H groups in total. The van der Waals surface area contributed by atoms with Crippen LogP contribution in [0.2, 0.25) is 5.02 Å². The number of aryl methyl sites for hydroxylation is 1. The van der Waals surface area contributed by atoms with Crippen molar-refractivity contribution in [3.8, 4) is 11.4 Å². The second-order valence-electron chi connectivity index (χ2n) is 8.36. The first-order valence-electron chi connectivity index (χ1n) is 11.0. The van der Waals surface area contributed by atoms with E-state index in [4.69, 9.17) is 16.7 Å². The summed E-state index contributed by atoms with van der Waals surface area (Å²) in [7, 11) is 0. The van der Waals surface area contributed by atoms with Crippen LogP contribution in [0.4, 0.5) is 13.2 Å². The zero-order valence-electron chi connectivity index (χ0n) is 20.1. The Bertz CT molecular complexity index is 1200. The highest BCUT2D eigenvalue weighted by Gasteiger charge is 2.28. The molecule has 3 aromatic rings. The first-order valence-corrected chi connectivity index (χ1v) is 11.4. The SMILES string of the molecule is CC(=O)Cn1nc(-c2ccc(Cl)cc2)n(CCC(F)(F)F)c1=O.Cc1cccc(C(C)CO)c1C. The number of rotatable bonds is 7. The van der Waals surface area contributed by atoms with Crippen LogP contribution in [0.15, 0.2) is 47.3 Å². The molecule has 1 unspecified atom stereocenters. The number of aromatic nitrogens is 3. The number of carbonyl (C=O) groups is 1. The summed E-state index contributed by atoms with van der Waals surface area (Å²) in [4.78, 5) is 23.4. The van der Waals surface area contributed by atoms with Crippen molar-refractivity contribution >= 4 is 17.4 Å². The summed E-state index contributed by atoms with van der Waals surface area (Å²) in [6.07, 6.45) is -5.57. The van der Waals surface area contributed by atoms with Gasteiger partial charge in [-0.3, -0.25) is 9.36 Å². The molecule has 0 saturated carbocycles. The van der Waals surface area contributed by atoms with E-state index < -0.39 is 24.8 Å². The number of aliphatic hydroxyl groups is 1. The molecule has 0 aliphatic carbocycles. The predicted molar refractivity (Wildman–Crippen MR) is 130 cm³/mol. The van der Waals surface area contributed by atoms with E-state index in [-0.39, 0.29) is 30.7 Å². The topological polar surface area (TPSA) is 77.1 Å². The molecule has 3 rings (SSSR count). The van der Waals surface area contributed by atoms with Crippen LogP contribution in [0.5, 0.6) is 0 Å². The molecule has 0 aliphatic heterocycles. The zero-order chi connectivity index (χ0) is 26.3. The summed E-state index contributed by atoms with van der Waals surface area (Å²) in [6.45, 7) is 6.88. The molecule has 190 valence electrons. The van der Waals surface area contributed by atoms with Crippen molar-refractivity contribution in [2.75, 3.05) is 6.61 Å². The molecule has 35 heavy (non-hydrogen) atoms. The average molecular weight is 512 g/mol. The van der Waals surface area contributed by atoms with E-state index in [1.54, 1.807) is 24.3 Å². The summed E-state index contributed by atoms with van der Waals surface area (Å²) in [5.74, 6) is -0.00251. The van der Waals surface area contributed by atoms with Crippen LogP contribution in [0.1, 0.15) is 42.9 Å². The molecule has 10 heteroatoms. The fourth-order valence-electron chi connectivity index (χ4n) is 3.41. The summed E-state index contributed by atoms with van der Waals surface area (Å²) in [6, 6.07) is 12.4. The minimum atomic E-state index is -4.40. The largest absolute Gasteiger partial charge is 0.396 e. The van der Waals surface area contributed by atoms with Gasteiger partial charge in [-0.1, -0.05) is 36.7 Å². The van der Waals surface area contributed by atoms with Crippen LogP contribution in [-0.2, 0) is 17.9 Å². The molecule has 0 amide bonds. The van der Waals surface area contributed by atoms with Gasteiger partial charge in [0.15, 0.2) is 11.6 Å². The van der Waals surface area contributed by atoms with Crippen LogP contribution in [0.3, 0.4) is 0 Å². The van der Waals surface area contributed by atoms with E-state index in [1.165, 1.54) is 23.6 Å². The fraction of sp³-hybridized carbons (Fsp3) is 0.400. The van der Waals surface area contributed by atoms with E-state index in [0.29, 0.717) is 10.6 Å². The number of nitrogens with zero attached hydrogens (tertiary/aromatic N) is 3. The van der Waals surface area contributed by atoms with Gasteiger partial charge in [0.05, 0.1) is 6.42 Å². The molecule has 6 nitrogen and oxygen atoms in total. The molecule has 0 aliphatic rings. The Morgan fingerprint density at radius 3 is 2.31 bits per heavy atom. The van der Waals surface area contributed by atoms with Crippen molar-refractivity contribution in [2.45, 2.75) is 59.3 Å². The van der Waals surface area contributed by atoms with E-state index >= 15 is 0 Å². The van der Waals surface area contributed by atoms with Gasteiger partial charge in [0, 0.05) is 29.7 Å². The molecule has 0 radical (unpaired) electrons. The minimum Gasteiger partial charge on any atom is -0.396 e. The number of hydrogen-bond acceptors (Lipinski definition) is 4. The number of aliphatic hydroxyl groups excluding tert-OH is 1. The second kappa shape index (κ2) is 12.2. The van der Waals surface area contributed by atoms with Crippen molar-refractivity contribution in [3.63, 3.8) is 0 Å². The first kappa shape index (κ1) is 28.3. The predicted octanol–water partition coefficient (Wildman–Crippen LogP) is 5.31. The molecule has 1 aromatic heterocycles. The Kier molecular flexibility index (Phi) is 9.85.